The first-order chi connectivity index (χ1) is 8.38. The van der Waals surface area contributed by atoms with E-state index in [1.807, 2.05) is 49.5 Å². The van der Waals surface area contributed by atoms with Crippen LogP contribution in [0.1, 0.15) is 12.5 Å². The van der Waals surface area contributed by atoms with Crippen molar-refractivity contribution in [3.8, 4) is 5.75 Å². The van der Waals surface area contributed by atoms with Gasteiger partial charge in [0.15, 0.2) is 0 Å². The van der Waals surface area contributed by atoms with Gasteiger partial charge >= 0.3 is 0 Å². The van der Waals surface area contributed by atoms with Crippen molar-refractivity contribution >= 4 is 11.9 Å². The van der Waals surface area contributed by atoms with Crippen LogP contribution in [0.4, 0.5) is 5.69 Å². The summed E-state index contributed by atoms with van der Waals surface area (Å²) < 4.78 is 5.43. The second-order valence-electron chi connectivity index (χ2n) is 3.47. The van der Waals surface area contributed by atoms with Gasteiger partial charge in [0.1, 0.15) is 5.75 Å². The lowest BCUT2D eigenvalue weighted by Crippen LogP contribution is -1.91. The maximum atomic E-state index is 5.43. The van der Waals surface area contributed by atoms with E-state index in [-0.39, 0.29) is 0 Å². The molecule has 0 N–H and O–H groups in total. The Hall–Kier alpha value is -2.16. The van der Waals surface area contributed by atoms with Crippen LogP contribution in [-0.2, 0) is 0 Å². The highest BCUT2D eigenvalue weighted by molar-refractivity contribution is 5.82. The van der Waals surface area contributed by atoms with Crippen molar-refractivity contribution in [1.82, 2.24) is 4.98 Å². The number of aliphatic imine (C=N–C) groups is 1. The topological polar surface area (TPSA) is 34.5 Å². The van der Waals surface area contributed by atoms with Gasteiger partial charge in [0.2, 0.25) is 0 Å². The highest BCUT2D eigenvalue weighted by atomic mass is 16.5. The summed E-state index contributed by atoms with van der Waals surface area (Å²) in [6.07, 6.45) is 5.27. The van der Waals surface area contributed by atoms with Crippen molar-refractivity contribution in [3.05, 3.63) is 54.4 Å². The number of nitrogens with zero attached hydrogens (tertiary/aromatic N) is 2. The Bertz CT molecular complexity index is 495. The standard InChI is InChI=1S/C14H14N2O/c1-2-17-14-5-3-4-12(10-14)11-16-13-6-8-15-9-7-13/h3-11H,2H2,1H3/b16-11+. The molecule has 2 rings (SSSR count). The van der Waals surface area contributed by atoms with Crippen LogP contribution >= 0.6 is 0 Å². The van der Waals surface area contributed by atoms with Crippen LogP contribution in [0.3, 0.4) is 0 Å². The van der Waals surface area contributed by atoms with Crippen molar-refractivity contribution in [1.29, 1.82) is 0 Å². The molecular formula is C14H14N2O. The van der Waals surface area contributed by atoms with E-state index in [2.05, 4.69) is 9.98 Å². The maximum absolute atomic E-state index is 5.43. The van der Waals surface area contributed by atoms with E-state index in [1.165, 1.54) is 0 Å². The first kappa shape index (κ1) is 11.3. The minimum Gasteiger partial charge on any atom is -0.494 e. The molecule has 86 valence electrons. The molecule has 0 bridgehead atoms. The molecule has 0 unspecified atom stereocenters. The summed E-state index contributed by atoms with van der Waals surface area (Å²) in [5, 5.41) is 0. The Morgan fingerprint density at radius 2 is 2.06 bits per heavy atom. The highest BCUT2D eigenvalue weighted by Gasteiger charge is 1.93. The molecule has 0 fully saturated rings. The van der Waals surface area contributed by atoms with Gasteiger partial charge in [0.25, 0.3) is 0 Å². The Morgan fingerprint density at radius 3 is 2.82 bits per heavy atom. The Kier molecular flexibility index (Phi) is 3.86. The molecule has 2 aromatic rings. The SMILES string of the molecule is CCOc1cccc(/C=N/c2ccncc2)c1. The van der Waals surface area contributed by atoms with Gasteiger partial charge in [-0.3, -0.25) is 9.98 Å². The minimum absolute atomic E-state index is 0.672. The van der Waals surface area contributed by atoms with Crippen LogP contribution < -0.4 is 4.74 Å². The van der Waals surface area contributed by atoms with Crippen molar-refractivity contribution < 1.29 is 4.74 Å². The summed E-state index contributed by atoms with van der Waals surface area (Å²) in [6, 6.07) is 11.6. The molecule has 0 saturated heterocycles. The van der Waals surface area contributed by atoms with Gasteiger partial charge in [-0.2, -0.15) is 0 Å². The Labute approximate surface area is 101 Å². The number of rotatable bonds is 4. The Balaban J connectivity index is 2.13. The summed E-state index contributed by atoms with van der Waals surface area (Å²) in [5.74, 6) is 0.867. The molecule has 0 atom stereocenters. The van der Waals surface area contributed by atoms with Gasteiger partial charge in [-0.05, 0) is 36.8 Å². The van der Waals surface area contributed by atoms with Gasteiger partial charge in [-0.25, -0.2) is 0 Å². The second kappa shape index (κ2) is 5.80. The van der Waals surface area contributed by atoms with Gasteiger partial charge in [0.05, 0.1) is 12.3 Å². The van der Waals surface area contributed by atoms with Gasteiger partial charge in [0, 0.05) is 18.6 Å². The third-order valence-electron chi connectivity index (χ3n) is 2.19. The summed E-state index contributed by atoms with van der Waals surface area (Å²) in [7, 11) is 0. The Morgan fingerprint density at radius 1 is 1.24 bits per heavy atom. The van der Waals surface area contributed by atoms with Crippen LogP contribution in [0.5, 0.6) is 5.75 Å². The van der Waals surface area contributed by atoms with Crippen molar-refractivity contribution in [2.24, 2.45) is 4.99 Å². The molecular weight excluding hydrogens is 212 g/mol. The van der Waals surface area contributed by atoms with Crippen LogP contribution in [-0.4, -0.2) is 17.8 Å². The zero-order valence-corrected chi connectivity index (χ0v) is 9.71. The zero-order valence-electron chi connectivity index (χ0n) is 9.71. The number of pyridine rings is 1. The molecule has 0 aliphatic carbocycles. The van der Waals surface area contributed by atoms with Crippen molar-refractivity contribution in [2.45, 2.75) is 6.92 Å². The van der Waals surface area contributed by atoms with Gasteiger partial charge < -0.3 is 4.74 Å². The average molecular weight is 226 g/mol. The first-order valence-electron chi connectivity index (χ1n) is 5.55. The van der Waals surface area contributed by atoms with Crippen LogP contribution in [0.25, 0.3) is 0 Å². The van der Waals surface area contributed by atoms with E-state index < -0.39 is 0 Å². The molecule has 1 aromatic carbocycles. The van der Waals surface area contributed by atoms with Gasteiger partial charge in [-0.15, -0.1) is 0 Å². The van der Waals surface area contributed by atoms with E-state index in [9.17, 15) is 0 Å². The molecule has 0 spiro atoms. The summed E-state index contributed by atoms with van der Waals surface area (Å²) in [5.41, 5.74) is 1.91. The number of aromatic nitrogens is 1. The van der Waals surface area contributed by atoms with E-state index in [4.69, 9.17) is 4.74 Å². The molecule has 0 radical (unpaired) electrons. The predicted molar refractivity (Wildman–Crippen MR) is 69.1 cm³/mol. The zero-order chi connectivity index (χ0) is 11.9. The summed E-state index contributed by atoms with van der Waals surface area (Å²) in [4.78, 5) is 8.30. The fourth-order valence-electron chi connectivity index (χ4n) is 1.43. The smallest absolute Gasteiger partial charge is 0.119 e. The summed E-state index contributed by atoms with van der Waals surface area (Å²) >= 11 is 0. The lowest BCUT2D eigenvalue weighted by atomic mass is 10.2. The van der Waals surface area contributed by atoms with Crippen LogP contribution in [0, 0.1) is 0 Å². The molecule has 0 amide bonds. The third-order valence-corrected chi connectivity index (χ3v) is 2.19. The van der Waals surface area contributed by atoms with E-state index in [1.54, 1.807) is 12.4 Å². The average Bonchev–Trinajstić information content (AvgIpc) is 2.39. The normalized spacial score (nSPS) is 10.6. The molecule has 3 heteroatoms. The minimum atomic E-state index is 0.672. The van der Waals surface area contributed by atoms with E-state index >= 15 is 0 Å². The fourth-order valence-corrected chi connectivity index (χ4v) is 1.43. The van der Waals surface area contributed by atoms with Crippen molar-refractivity contribution in [2.75, 3.05) is 6.61 Å². The lowest BCUT2D eigenvalue weighted by molar-refractivity contribution is 0.340. The fraction of sp³-hybridized carbons (Fsp3) is 0.143. The molecule has 0 saturated carbocycles. The quantitative estimate of drug-likeness (QED) is 0.750. The summed E-state index contributed by atoms with van der Waals surface area (Å²) in [6.45, 7) is 2.64. The van der Waals surface area contributed by atoms with E-state index in [0.717, 1.165) is 17.0 Å². The monoisotopic (exact) mass is 226 g/mol. The van der Waals surface area contributed by atoms with Crippen molar-refractivity contribution in [3.63, 3.8) is 0 Å². The number of ether oxygens (including phenoxy) is 1. The van der Waals surface area contributed by atoms with Gasteiger partial charge in [-0.1, -0.05) is 12.1 Å². The molecule has 17 heavy (non-hydrogen) atoms. The highest BCUT2D eigenvalue weighted by Crippen LogP contribution is 2.13. The third kappa shape index (κ3) is 3.41. The molecule has 3 nitrogen and oxygen atoms in total. The second-order valence-corrected chi connectivity index (χ2v) is 3.47. The lowest BCUT2D eigenvalue weighted by Gasteiger charge is -2.02. The molecule has 1 aromatic heterocycles. The number of hydrogen-bond acceptors (Lipinski definition) is 3. The largest absolute Gasteiger partial charge is 0.494 e. The van der Waals surface area contributed by atoms with Crippen LogP contribution in [0.15, 0.2) is 53.8 Å². The number of hydrogen-bond donors (Lipinski definition) is 0. The molecule has 0 aliphatic heterocycles. The predicted octanol–water partition coefficient (Wildman–Crippen LogP) is 3.23. The van der Waals surface area contributed by atoms with Crippen LogP contribution in [0.2, 0.25) is 0 Å². The first-order valence-corrected chi connectivity index (χ1v) is 5.55. The number of benzene rings is 1. The molecule has 1 heterocycles. The maximum Gasteiger partial charge on any atom is 0.119 e. The van der Waals surface area contributed by atoms with E-state index in [0.29, 0.717) is 6.61 Å². The molecule has 0 aliphatic rings.